The number of hydrogen-bond acceptors (Lipinski definition) is 8. The van der Waals surface area contributed by atoms with Crippen LogP contribution in [-0.4, -0.2) is 90.2 Å². The lowest BCUT2D eigenvalue weighted by atomic mass is 9.96. The average Bonchev–Trinajstić information content (AvgIpc) is 3.00. The number of anilines is 1. The van der Waals surface area contributed by atoms with Crippen LogP contribution >= 0.6 is 23.2 Å². The smallest absolute Gasteiger partial charge is 0.314 e. The van der Waals surface area contributed by atoms with Crippen LogP contribution in [0.1, 0.15) is 32.3 Å². The molecule has 2 fully saturated rings. The normalized spacial score (nSPS) is 16.7. The number of piperidine rings is 1. The van der Waals surface area contributed by atoms with E-state index in [0.717, 1.165) is 82.0 Å². The second kappa shape index (κ2) is 15.2. The zero-order valence-electron chi connectivity index (χ0n) is 25.7. The quantitative estimate of drug-likeness (QED) is 0.297. The molecule has 0 radical (unpaired) electrons. The van der Waals surface area contributed by atoms with Gasteiger partial charge in [-0.05, 0) is 67.6 Å². The molecule has 5 rings (SSSR count). The molecule has 44 heavy (non-hydrogen) atoms. The van der Waals surface area contributed by atoms with E-state index in [9.17, 15) is 4.79 Å². The lowest BCUT2D eigenvalue weighted by Crippen LogP contribution is -2.47. The summed E-state index contributed by atoms with van der Waals surface area (Å²) in [5.74, 6) is 2.82. The third-order valence-corrected chi connectivity index (χ3v) is 8.46. The maximum atomic E-state index is 11.6. The molecule has 0 unspecified atom stereocenters. The molecule has 0 atom stereocenters. The summed E-state index contributed by atoms with van der Waals surface area (Å²) in [5, 5.41) is 6.63. The number of piperazine rings is 1. The second-order valence-electron chi connectivity index (χ2n) is 12.0. The summed E-state index contributed by atoms with van der Waals surface area (Å²) in [6.45, 7) is 12.8. The Morgan fingerprint density at radius 3 is 2.27 bits per heavy atom. The third kappa shape index (κ3) is 9.17. The Labute approximate surface area is 270 Å². The van der Waals surface area contributed by atoms with E-state index in [1.165, 1.54) is 0 Å². The minimum atomic E-state index is -0.134. The van der Waals surface area contributed by atoms with Crippen LogP contribution in [-0.2, 0) is 6.54 Å². The second-order valence-corrected chi connectivity index (χ2v) is 12.9. The molecular formula is C32H42Cl2N8O2. The highest BCUT2D eigenvalue weighted by atomic mass is 35.5. The SMILES string of the molecule is CNC(=O)NCC1CCN(Cc2cc(Oc3cnc(N4CCN(CC(C)C)CC4)nc3)nc(-c3cc(Cl)cc(Cl)c3)c2)CC1. The number of urea groups is 1. The third-order valence-electron chi connectivity index (χ3n) is 8.03. The van der Waals surface area contributed by atoms with Gasteiger partial charge < -0.3 is 20.3 Å². The van der Waals surface area contributed by atoms with Gasteiger partial charge >= 0.3 is 6.03 Å². The number of nitrogens with zero attached hydrogens (tertiary/aromatic N) is 6. The van der Waals surface area contributed by atoms with E-state index in [0.29, 0.717) is 46.0 Å². The fraction of sp³-hybridized carbons (Fsp3) is 0.500. The number of nitrogens with one attached hydrogen (secondary N) is 2. The molecule has 3 aromatic rings. The van der Waals surface area contributed by atoms with E-state index >= 15 is 0 Å². The van der Waals surface area contributed by atoms with Crippen molar-refractivity contribution in [3.05, 3.63) is 58.3 Å². The number of halogens is 2. The highest BCUT2D eigenvalue weighted by molar-refractivity contribution is 6.35. The van der Waals surface area contributed by atoms with Gasteiger partial charge in [0.25, 0.3) is 0 Å². The first kappa shape index (κ1) is 32.2. The number of pyridine rings is 1. The van der Waals surface area contributed by atoms with Crippen LogP contribution in [0.15, 0.2) is 42.7 Å². The average molecular weight is 642 g/mol. The van der Waals surface area contributed by atoms with Crippen molar-refractivity contribution >= 4 is 35.2 Å². The summed E-state index contributed by atoms with van der Waals surface area (Å²) in [5.41, 5.74) is 2.61. The highest BCUT2D eigenvalue weighted by Gasteiger charge is 2.22. The number of aromatic nitrogens is 3. The number of ether oxygens (including phenoxy) is 1. The Balaban J connectivity index is 1.27. The summed E-state index contributed by atoms with van der Waals surface area (Å²) in [7, 11) is 1.63. The van der Waals surface area contributed by atoms with Gasteiger partial charge in [0.05, 0.1) is 18.1 Å². The molecule has 2 amide bonds. The number of carbonyl (C=O) groups is 1. The van der Waals surface area contributed by atoms with Crippen molar-refractivity contribution in [3.8, 4) is 22.9 Å². The fourth-order valence-electron chi connectivity index (χ4n) is 5.78. The molecular weight excluding hydrogens is 599 g/mol. The van der Waals surface area contributed by atoms with Gasteiger partial charge in [0.15, 0.2) is 5.75 Å². The lowest BCUT2D eigenvalue weighted by molar-refractivity contribution is 0.175. The number of benzene rings is 1. The van der Waals surface area contributed by atoms with Gasteiger partial charge in [-0.2, -0.15) is 0 Å². The zero-order chi connectivity index (χ0) is 31.1. The van der Waals surface area contributed by atoms with Crippen LogP contribution < -0.4 is 20.3 Å². The number of rotatable bonds is 10. The molecule has 2 aromatic heterocycles. The van der Waals surface area contributed by atoms with E-state index in [4.69, 9.17) is 32.9 Å². The van der Waals surface area contributed by atoms with Gasteiger partial charge in [-0.3, -0.25) is 9.80 Å². The van der Waals surface area contributed by atoms with Crippen LogP contribution in [0.2, 0.25) is 10.0 Å². The molecule has 0 aliphatic carbocycles. The molecule has 2 N–H and O–H groups in total. The van der Waals surface area contributed by atoms with Gasteiger partial charge in [0.2, 0.25) is 11.8 Å². The molecule has 0 spiro atoms. The standard InChI is InChI=1S/C32H42Cl2N8O2/c1-22(2)20-41-8-10-42(11-9-41)31-36-18-28(19-37-31)44-30-13-24(12-29(39-30)25-14-26(33)16-27(34)15-25)21-40-6-4-23(5-7-40)17-38-32(43)35-3/h12-16,18-19,22-23H,4-11,17,20-21H2,1-3H3,(H2,35,38,43). The summed E-state index contributed by atoms with van der Waals surface area (Å²) in [4.78, 5) is 32.7. The molecule has 2 saturated heterocycles. The zero-order valence-corrected chi connectivity index (χ0v) is 27.2. The fourth-order valence-corrected chi connectivity index (χ4v) is 6.30. The Bertz CT molecular complexity index is 1370. The van der Waals surface area contributed by atoms with Crippen LogP contribution in [0.5, 0.6) is 11.6 Å². The topological polar surface area (TPSA) is 98.8 Å². The largest absolute Gasteiger partial charge is 0.436 e. The van der Waals surface area contributed by atoms with Gasteiger partial charge in [-0.1, -0.05) is 37.0 Å². The van der Waals surface area contributed by atoms with E-state index in [-0.39, 0.29) is 6.03 Å². The van der Waals surface area contributed by atoms with Gasteiger partial charge in [0.1, 0.15) is 0 Å². The maximum Gasteiger partial charge on any atom is 0.314 e. The van der Waals surface area contributed by atoms with E-state index in [1.54, 1.807) is 25.5 Å². The monoisotopic (exact) mass is 640 g/mol. The Hall–Kier alpha value is -3.18. The molecule has 10 nitrogen and oxygen atoms in total. The van der Waals surface area contributed by atoms with Crippen LogP contribution in [0.25, 0.3) is 11.3 Å². The van der Waals surface area contributed by atoms with Crippen molar-refractivity contribution in [3.63, 3.8) is 0 Å². The summed E-state index contributed by atoms with van der Waals surface area (Å²) in [6.07, 6.45) is 5.47. The summed E-state index contributed by atoms with van der Waals surface area (Å²) >= 11 is 12.7. The number of likely N-dealkylation sites (tertiary alicyclic amines) is 1. The van der Waals surface area contributed by atoms with Gasteiger partial charge in [0, 0.05) is 74.5 Å². The summed E-state index contributed by atoms with van der Waals surface area (Å²) in [6, 6.07) is 9.31. The Kier molecular flexibility index (Phi) is 11.1. The van der Waals surface area contributed by atoms with Crippen molar-refractivity contribution in [2.45, 2.75) is 33.2 Å². The van der Waals surface area contributed by atoms with Crippen molar-refractivity contribution in [1.82, 2.24) is 35.4 Å². The van der Waals surface area contributed by atoms with Crippen molar-refractivity contribution < 1.29 is 9.53 Å². The van der Waals surface area contributed by atoms with E-state index < -0.39 is 0 Å². The minimum Gasteiger partial charge on any atom is -0.436 e. The molecule has 0 saturated carbocycles. The van der Waals surface area contributed by atoms with Crippen LogP contribution in [0, 0.1) is 11.8 Å². The molecule has 2 aliphatic heterocycles. The first-order valence-corrected chi connectivity index (χ1v) is 16.1. The Morgan fingerprint density at radius 2 is 1.64 bits per heavy atom. The first-order valence-electron chi connectivity index (χ1n) is 15.4. The maximum absolute atomic E-state index is 11.6. The van der Waals surface area contributed by atoms with Gasteiger partial charge in [-0.15, -0.1) is 0 Å². The van der Waals surface area contributed by atoms with Crippen molar-refractivity contribution in [2.24, 2.45) is 11.8 Å². The van der Waals surface area contributed by atoms with Crippen LogP contribution in [0.4, 0.5) is 10.7 Å². The summed E-state index contributed by atoms with van der Waals surface area (Å²) < 4.78 is 6.22. The molecule has 12 heteroatoms. The molecule has 1 aromatic carbocycles. The molecule has 236 valence electrons. The number of carbonyl (C=O) groups excluding carboxylic acids is 1. The van der Waals surface area contributed by atoms with Crippen molar-refractivity contribution in [2.75, 3.05) is 64.3 Å². The molecule has 2 aliphatic rings. The van der Waals surface area contributed by atoms with E-state index in [1.807, 2.05) is 18.2 Å². The predicted octanol–water partition coefficient (Wildman–Crippen LogP) is 5.56. The lowest BCUT2D eigenvalue weighted by Gasteiger charge is -2.35. The van der Waals surface area contributed by atoms with Gasteiger partial charge in [-0.25, -0.2) is 19.7 Å². The first-order chi connectivity index (χ1) is 21.2. The van der Waals surface area contributed by atoms with Crippen LogP contribution in [0.3, 0.4) is 0 Å². The minimum absolute atomic E-state index is 0.134. The number of amides is 2. The molecule has 0 bridgehead atoms. The Morgan fingerprint density at radius 1 is 0.955 bits per heavy atom. The highest BCUT2D eigenvalue weighted by Crippen LogP contribution is 2.31. The predicted molar refractivity (Wildman–Crippen MR) is 176 cm³/mol. The van der Waals surface area contributed by atoms with Crippen molar-refractivity contribution in [1.29, 1.82) is 0 Å². The molecule has 4 heterocycles. The number of hydrogen-bond donors (Lipinski definition) is 2. The van der Waals surface area contributed by atoms with E-state index in [2.05, 4.69) is 55.2 Å².